The summed E-state index contributed by atoms with van der Waals surface area (Å²) in [6, 6.07) is 1.88. The molecule has 0 radical (unpaired) electrons. The Bertz CT molecular complexity index is 295. The van der Waals surface area contributed by atoms with E-state index in [4.69, 9.17) is 0 Å². The van der Waals surface area contributed by atoms with E-state index >= 15 is 0 Å². The van der Waals surface area contributed by atoms with Crippen LogP contribution in [0.15, 0.2) is 12.3 Å². The number of pyridine rings is 1. The summed E-state index contributed by atoms with van der Waals surface area (Å²) < 4.78 is 0. The first kappa shape index (κ1) is 11.0. The maximum Gasteiger partial charge on any atom is 0.141 e. The molecule has 0 saturated carbocycles. The van der Waals surface area contributed by atoms with E-state index in [9.17, 15) is 5.11 Å². The van der Waals surface area contributed by atoms with Crippen LogP contribution in [0.2, 0.25) is 0 Å². The van der Waals surface area contributed by atoms with Crippen LogP contribution in [0.4, 0.5) is 0 Å². The van der Waals surface area contributed by atoms with Crippen molar-refractivity contribution in [1.29, 1.82) is 0 Å². The van der Waals surface area contributed by atoms with E-state index in [1.165, 1.54) is 0 Å². The lowest BCUT2D eigenvalue weighted by Gasteiger charge is -2.18. The van der Waals surface area contributed by atoms with Gasteiger partial charge in [0.05, 0.1) is 5.69 Å². The molecule has 14 heavy (non-hydrogen) atoms. The Morgan fingerprint density at radius 3 is 2.57 bits per heavy atom. The Hall–Kier alpha value is -1.09. The fourth-order valence-corrected chi connectivity index (χ4v) is 1.43. The number of nitrogens with zero attached hydrogens (tertiary/aromatic N) is 2. The quantitative estimate of drug-likeness (QED) is 0.795. The van der Waals surface area contributed by atoms with Crippen molar-refractivity contribution in [3.05, 3.63) is 23.5 Å². The van der Waals surface area contributed by atoms with Gasteiger partial charge in [-0.3, -0.25) is 9.88 Å². The molecule has 3 heteroatoms. The zero-order valence-corrected chi connectivity index (χ0v) is 9.12. The highest BCUT2D eigenvalue weighted by Crippen LogP contribution is 2.20. The van der Waals surface area contributed by atoms with Crippen molar-refractivity contribution in [2.45, 2.75) is 27.3 Å². The van der Waals surface area contributed by atoms with Gasteiger partial charge in [0.1, 0.15) is 5.75 Å². The van der Waals surface area contributed by atoms with Crippen molar-refractivity contribution in [2.24, 2.45) is 0 Å². The van der Waals surface area contributed by atoms with Crippen molar-refractivity contribution < 1.29 is 5.11 Å². The molecule has 0 atom stereocenters. The molecule has 0 spiro atoms. The van der Waals surface area contributed by atoms with Gasteiger partial charge in [-0.05, 0) is 26.1 Å². The summed E-state index contributed by atoms with van der Waals surface area (Å²) in [5.74, 6) is 0.333. The van der Waals surface area contributed by atoms with E-state index in [1.807, 2.05) is 13.0 Å². The third-order valence-corrected chi connectivity index (χ3v) is 2.48. The lowest BCUT2D eigenvalue weighted by molar-refractivity contribution is 0.290. The topological polar surface area (TPSA) is 36.4 Å². The normalized spacial score (nSPS) is 10.9. The molecule has 1 aromatic rings. The van der Waals surface area contributed by atoms with Gasteiger partial charge < -0.3 is 5.11 Å². The van der Waals surface area contributed by atoms with E-state index < -0.39 is 0 Å². The van der Waals surface area contributed by atoms with Gasteiger partial charge in [0.2, 0.25) is 0 Å². The molecule has 1 aromatic heterocycles. The molecule has 0 saturated heterocycles. The number of aryl methyl sites for hydroxylation is 1. The molecular weight excluding hydrogens is 176 g/mol. The minimum atomic E-state index is 0.333. The molecule has 3 nitrogen and oxygen atoms in total. The molecule has 1 rings (SSSR count). The Morgan fingerprint density at radius 2 is 2.00 bits per heavy atom. The first-order valence-electron chi connectivity index (χ1n) is 5.04. The van der Waals surface area contributed by atoms with Crippen LogP contribution in [0, 0.1) is 6.92 Å². The summed E-state index contributed by atoms with van der Waals surface area (Å²) in [4.78, 5) is 6.29. The van der Waals surface area contributed by atoms with Gasteiger partial charge in [0.25, 0.3) is 0 Å². The monoisotopic (exact) mass is 194 g/mol. The van der Waals surface area contributed by atoms with Crippen molar-refractivity contribution in [1.82, 2.24) is 9.88 Å². The van der Waals surface area contributed by atoms with Crippen molar-refractivity contribution >= 4 is 0 Å². The summed E-state index contributed by atoms with van der Waals surface area (Å²) in [6.07, 6.45) is 1.74. The molecule has 0 aromatic carbocycles. The maximum absolute atomic E-state index is 9.75. The van der Waals surface area contributed by atoms with Gasteiger partial charge in [-0.25, -0.2) is 0 Å². The van der Waals surface area contributed by atoms with Crippen molar-refractivity contribution in [3.8, 4) is 5.75 Å². The minimum absolute atomic E-state index is 0.333. The van der Waals surface area contributed by atoms with Crippen LogP contribution in [0.1, 0.15) is 25.1 Å². The average Bonchev–Trinajstić information content (AvgIpc) is 2.20. The van der Waals surface area contributed by atoms with E-state index in [-0.39, 0.29) is 0 Å². The predicted octanol–water partition coefficient (Wildman–Crippen LogP) is 1.94. The van der Waals surface area contributed by atoms with Gasteiger partial charge in [0.15, 0.2) is 0 Å². The lowest BCUT2D eigenvalue weighted by atomic mass is 10.2. The van der Waals surface area contributed by atoms with Crippen LogP contribution < -0.4 is 0 Å². The van der Waals surface area contributed by atoms with Gasteiger partial charge in [0, 0.05) is 18.3 Å². The Morgan fingerprint density at radius 1 is 1.36 bits per heavy atom. The zero-order valence-electron chi connectivity index (χ0n) is 9.12. The first-order chi connectivity index (χ1) is 6.69. The second-order valence-electron chi connectivity index (χ2n) is 3.37. The van der Waals surface area contributed by atoms with E-state index in [1.54, 1.807) is 6.20 Å². The molecule has 0 aliphatic heterocycles. The van der Waals surface area contributed by atoms with Gasteiger partial charge in [-0.15, -0.1) is 0 Å². The Balaban J connectivity index is 2.80. The second-order valence-corrected chi connectivity index (χ2v) is 3.37. The predicted molar refractivity (Wildman–Crippen MR) is 57.3 cm³/mol. The van der Waals surface area contributed by atoms with E-state index in [0.717, 1.165) is 25.2 Å². The fourth-order valence-electron chi connectivity index (χ4n) is 1.43. The summed E-state index contributed by atoms with van der Waals surface area (Å²) in [5, 5.41) is 9.75. The Kier molecular flexibility index (Phi) is 3.89. The van der Waals surface area contributed by atoms with E-state index in [2.05, 4.69) is 23.7 Å². The molecule has 0 aliphatic rings. The van der Waals surface area contributed by atoms with Gasteiger partial charge in [-0.1, -0.05) is 13.8 Å². The molecule has 0 amide bonds. The molecule has 1 N–H and O–H groups in total. The SMILES string of the molecule is CCN(CC)Cc1ccnc(C)c1O. The first-order valence-corrected chi connectivity index (χ1v) is 5.04. The second kappa shape index (κ2) is 4.96. The smallest absolute Gasteiger partial charge is 0.141 e. The van der Waals surface area contributed by atoms with Crippen LogP contribution in [-0.2, 0) is 6.54 Å². The van der Waals surface area contributed by atoms with Gasteiger partial charge in [-0.2, -0.15) is 0 Å². The number of hydrogen-bond acceptors (Lipinski definition) is 3. The summed E-state index contributed by atoms with van der Waals surface area (Å²) in [6.45, 7) is 8.85. The summed E-state index contributed by atoms with van der Waals surface area (Å²) in [7, 11) is 0. The van der Waals surface area contributed by atoms with E-state index in [0.29, 0.717) is 11.4 Å². The number of rotatable bonds is 4. The van der Waals surface area contributed by atoms with Crippen LogP contribution in [0.3, 0.4) is 0 Å². The molecule has 0 unspecified atom stereocenters. The van der Waals surface area contributed by atoms with Crippen molar-refractivity contribution in [2.75, 3.05) is 13.1 Å². The van der Waals surface area contributed by atoms with Crippen LogP contribution in [-0.4, -0.2) is 28.1 Å². The van der Waals surface area contributed by atoms with Crippen LogP contribution >= 0.6 is 0 Å². The summed E-state index contributed by atoms with van der Waals surface area (Å²) in [5.41, 5.74) is 1.66. The third kappa shape index (κ3) is 2.45. The van der Waals surface area contributed by atoms with Gasteiger partial charge >= 0.3 is 0 Å². The molecule has 0 bridgehead atoms. The molecule has 0 aliphatic carbocycles. The fraction of sp³-hybridized carbons (Fsp3) is 0.545. The number of aromatic nitrogens is 1. The highest BCUT2D eigenvalue weighted by molar-refractivity contribution is 5.34. The average molecular weight is 194 g/mol. The zero-order chi connectivity index (χ0) is 10.6. The molecular formula is C11H18N2O. The molecule has 0 fully saturated rings. The largest absolute Gasteiger partial charge is 0.506 e. The number of aromatic hydroxyl groups is 1. The highest BCUT2D eigenvalue weighted by Gasteiger charge is 2.07. The van der Waals surface area contributed by atoms with Crippen LogP contribution in [0.5, 0.6) is 5.75 Å². The highest BCUT2D eigenvalue weighted by atomic mass is 16.3. The minimum Gasteiger partial charge on any atom is -0.506 e. The van der Waals surface area contributed by atoms with Crippen LogP contribution in [0.25, 0.3) is 0 Å². The number of hydrogen-bond donors (Lipinski definition) is 1. The summed E-state index contributed by atoms with van der Waals surface area (Å²) >= 11 is 0. The standard InChI is InChI=1S/C11H18N2O/c1-4-13(5-2)8-10-6-7-12-9(3)11(10)14/h6-7,14H,4-5,8H2,1-3H3. The Labute approximate surface area is 85.4 Å². The van der Waals surface area contributed by atoms with Crippen molar-refractivity contribution in [3.63, 3.8) is 0 Å². The maximum atomic E-state index is 9.75. The third-order valence-electron chi connectivity index (χ3n) is 2.48. The molecule has 1 heterocycles. The molecule has 78 valence electrons. The lowest BCUT2D eigenvalue weighted by Crippen LogP contribution is -2.22.